The number of halogens is 2. The molecule has 0 nitrogen and oxygen atoms in total. The van der Waals surface area contributed by atoms with Gasteiger partial charge in [0, 0.05) is 11.5 Å². The van der Waals surface area contributed by atoms with Crippen LogP contribution in [0.5, 0.6) is 0 Å². The summed E-state index contributed by atoms with van der Waals surface area (Å²) < 4.78 is 1.90. The highest BCUT2D eigenvalue weighted by molar-refractivity contribution is 14.1. The van der Waals surface area contributed by atoms with E-state index in [0.29, 0.717) is 0 Å². The lowest BCUT2D eigenvalue weighted by molar-refractivity contribution is 1.25. The quantitative estimate of drug-likeness (QED) is 0.723. The highest BCUT2D eigenvalue weighted by Gasteiger charge is 1.92. The summed E-state index contributed by atoms with van der Waals surface area (Å²) in [7, 11) is 0. The summed E-state index contributed by atoms with van der Waals surface area (Å²) in [5.74, 6) is 0. The average Bonchev–Trinajstić information content (AvgIpc) is 2.06. The van der Waals surface area contributed by atoms with Gasteiger partial charge in [-0.25, -0.2) is 0 Å². The Hall–Kier alpha value is -0.0200. The molecule has 0 aromatic heterocycles. The third kappa shape index (κ3) is 3.25. The Balaban J connectivity index is 2.65. The fraction of sp³-hybridized carbons (Fsp3) is 0.111. The van der Waals surface area contributed by atoms with Gasteiger partial charge in [0.2, 0.25) is 0 Å². The van der Waals surface area contributed by atoms with Gasteiger partial charge < -0.3 is 0 Å². The summed E-state index contributed by atoms with van der Waals surface area (Å²) >= 11 is 8.00. The molecule has 0 aliphatic rings. The maximum absolute atomic E-state index is 5.85. The molecule has 1 aromatic carbocycles. The van der Waals surface area contributed by atoms with Crippen LogP contribution in [0.4, 0.5) is 0 Å². The van der Waals surface area contributed by atoms with Crippen LogP contribution in [-0.4, -0.2) is 0 Å². The van der Waals surface area contributed by atoms with E-state index in [1.807, 2.05) is 22.3 Å². The second-order valence-electron chi connectivity index (χ2n) is 2.22. The molecule has 0 unspecified atom stereocenters. The SMILES string of the molecule is Cl/C(=C\I)Cc1ccccc1. The van der Waals surface area contributed by atoms with Crippen LogP contribution < -0.4 is 0 Å². The first-order valence-corrected chi connectivity index (χ1v) is 4.94. The Morgan fingerprint density at radius 1 is 1.36 bits per heavy atom. The molecular weight excluding hydrogens is 270 g/mol. The lowest BCUT2D eigenvalue weighted by atomic mass is 10.1. The molecule has 0 bridgehead atoms. The monoisotopic (exact) mass is 278 g/mol. The second kappa shape index (κ2) is 4.78. The Bertz CT molecular complexity index is 241. The Morgan fingerprint density at radius 2 is 2.00 bits per heavy atom. The van der Waals surface area contributed by atoms with Crippen LogP contribution in [0.1, 0.15) is 5.56 Å². The van der Waals surface area contributed by atoms with Crippen LogP contribution in [-0.2, 0) is 6.42 Å². The van der Waals surface area contributed by atoms with Crippen molar-refractivity contribution in [1.82, 2.24) is 0 Å². The van der Waals surface area contributed by atoms with E-state index >= 15 is 0 Å². The second-order valence-corrected chi connectivity index (χ2v) is 3.33. The molecule has 0 spiro atoms. The molecular formula is C9H8ClI. The summed E-state index contributed by atoms with van der Waals surface area (Å²) in [6, 6.07) is 10.2. The fourth-order valence-electron chi connectivity index (χ4n) is 0.829. The summed E-state index contributed by atoms with van der Waals surface area (Å²) in [5.41, 5.74) is 1.26. The van der Waals surface area contributed by atoms with Gasteiger partial charge in [0.1, 0.15) is 0 Å². The van der Waals surface area contributed by atoms with Gasteiger partial charge in [-0.1, -0.05) is 64.5 Å². The van der Waals surface area contributed by atoms with E-state index in [0.717, 1.165) is 11.5 Å². The molecule has 0 saturated heterocycles. The summed E-state index contributed by atoms with van der Waals surface area (Å²) in [5, 5.41) is 0.886. The molecule has 0 aliphatic heterocycles. The van der Waals surface area contributed by atoms with Gasteiger partial charge in [-0.15, -0.1) is 0 Å². The van der Waals surface area contributed by atoms with Crippen molar-refractivity contribution in [2.75, 3.05) is 0 Å². The molecule has 0 aliphatic carbocycles. The standard InChI is InChI=1S/C9H8ClI/c10-9(7-11)6-8-4-2-1-3-5-8/h1-5,7H,6H2/b9-7-. The average molecular weight is 279 g/mol. The molecule has 0 saturated carbocycles. The highest BCUT2D eigenvalue weighted by atomic mass is 127. The van der Waals surface area contributed by atoms with Gasteiger partial charge >= 0.3 is 0 Å². The third-order valence-electron chi connectivity index (χ3n) is 1.33. The molecule has 0 atom stereocenters. The predicted octanol–water partition coefficient (Wildman–Crippen LogP) is 3.74. The number of allylic oxidation sites excluding steroid dienone is 1. The zero-order valence-electron chi connectivity index (χ0n) is 5.93. The predicted molar refractivity (Wildman–Crippen MR) is 58.1 cm³/mol. The van der Waals surface area contributed by atoms with E-state index in [4.69, 9.17) is 11.6 Å². The lowest BCUT2D eigenvalue weighted by Gasteiger charge is -1.96. The largest absolute Gasteiger partial charge is 0.0883 e. The molecule has 0 amide bonds. The van der Waals surface area contributed by atoms with Crippen LogP contribution in [0.15, 0.2) is 39.4 Å². The van der Waals surface area contributed by atoms with E-state index in [1.165, 1.54) is 5.56 Å². The maximum Gasteiger partial charge on any atom is 0.0285 e. The summed E-state index contributed by atoms with van der Waals surface area (Å²) in [4.78, 5) is 0. The molecule has 1 aromatic rings. The van der Waals surface area contributed by atoms with Crippen molar-refractivity contribution in [3.8, 4) is 0 Å². The molecule has 0 heterocycles. The van der Waals surface area contributed by atoms with Crippen molar-refractivity contribution >= 4 is 34.2 Å². The minimum Gasteiger partial charge on any atom is -0.0883 e. The van der Waals surface area contributed by atoms with Crippen LogP contribution in [0.3, 0.4) is 0 Å². The summed E-state index contributed by atoms with van der Waals surface area (Å²) in [6.45, 7) is 0. The smallest absolute Gasteiger partial charge is 0.0285 e. The van der Waals surface area contributed by atoms with Crippen LogP contribution in [0, 0.1) is 0 Å². The minimum atomic E-state index is 0.839. The normalized spacial score (nSPS) is 11.6. The van der Waals surface area contributed by atoms with Gasteiger partial charge in [0.05, 0.1) is 0 Å². The van der Waals surface area contributed by atoms with Crippen LogP contribution in [0.25, 0.3) is 0 Å². The van der Waals surface area contributed by atoms with Crippen molar-refractivity contribution < 1.29 is 0 Å². The first-order valence-electron chi connectivity index (χ1n) is 3.31. The third-order valence-corrected chi connectivity index (χ3v) is 2.70. The van der Waals surface area contributed by atoms with Gasteiger partial charge in [-0.3, -0.25) is 0 Å². The Morgan fingerprint density at radius 3 is 2.55 bits per heavy atom. The van der Waals surface area contributed by atoms with Crippen LogP contribution >= 0.6 is 34.2 Å². The first kappa shape index (κ1) is 9.07. The summed E-state index contributed by atoms with van der Waals surface area (Å²) in [6.07, 6.45) is 0.839. The minimum absolute atomic E-state index is 0.839. The molecule has 0 radical (unpaired) electrons. The number of hydrogen-bond acceptors (Lipinski definition) is 0. The van der Waals surface area contributed by atoms with E-state index in [-0.39, 0.29) is 0 Å². The van der Waals surface area contributed by atoms with Crippen LogP contribution in [0.2, 0.25) is 0 Å². The highest BCUT2D eigenvalue weighted by Crippen LogP contribution is 2.12. The molecule has 0 N–H and O–H groups in total. The van der Waals surface area contributed by atoms with Gasteiger partial charge in [-0.05, 0) is 9.65 Å². The number of hydrogen-bond donors (Lipinski definition) is 0. The lowest BCUT2D eigenvalue weighted by Crippen LogP contribution is -1.81. The van der Waals surface area contributed by atoms with Crippen molar-refractivity contribution in [2.45, 2.75) is 6.42 Å². The van der Waals surface area contributed by atoms with Gasteiger partial charge in [0.25, 0.3) is 0 Å². The van der Waals surface area contributed by atoms with E-state index in [9.17, 15) is 0 Å². The molecule has 58 valence electrons. The zero-order valence-corrected chi connectivity index (χ0v) is 8.84. The van der Waals surface area contributed by atoms with E-state index < -0.39 is 0 Å². The van der Waals surface area contributed by atoms with Crippen molar-refractivity contribution in [3.63, 3.8) is 0 Å². The van der Waals surface area contributed by atoms with E-state index in [2.05, 4.69) is 34.7 Å². The topological polar surface area (TPSA) is 0 Å². The molecule has 1 rings (SSSR count). The Labute approximate surface area is 85.4 Å². The molecule has 2 heteroatoms. The van der Waals surface area contributed by atoms with Gasteiger partial charge in [-0.2, -0.15) is 0 Å². The zero-order chi connectivity index (χ0) is 8.10. The molecule has 11 heavy (non-hydrogen) atoms. The fourth-order valence-corrected chi connectivity index (χ4v) is 1.20. The number of benzene rings is 1. The van der Waals surface area contributed by atoms with E-state index in [1.54, 1.807) is 0 Å². The maximum atomic E-state index is 5.85. The Kier molecular flexibility index (Phi) is 3.94. The van der Waals surface area contributed by atoms with Gasteiger partial charge in [0.15, 0.2) is 0 Å². The van der Waals surface area contributed by atoms with Crippen molar-refractivity contribution in [1.29, 1.82) is 0 Å². The van der Waals surface area contributed by atoms with Crippen molar-refractivity contribution in [3.05, 3.63) is 45.0 Å². The number of rotatable bonds is 2. The molecule has 0 fully saturated rings. The van der Waals surface area contributed by atoms with Crippen molar-refractivity contribution in [2.24, 2.45) is 0 Å². The first-order chi connectivity index (χ1) is 5.33.